The number of rotatable bonds is 1. The van der Waals surface area contributed by atoms with Crippen LogP contribution in [0.25, 0.3) is 0 Å². The van der Waals surface area contributed by atoms with Crippen molar-refractivity contribution in [2.45, 2.75) is 59.0 Å². The summed E-state index contributed by atoms with van der Waals surface area (Å²) in [6, 6.07) is 0. The number of hydrogen-bond acceptors (Lipinski definition) is 4. The number of aliphatic hydroxyl groups excluding tert-OH is 1. The zero-order valence-electron chi connectivity index (χ0n) is 12.9. The van der Waals surface area contributed by atoms with Crippen LogP contribution in [0.1, 0.15) is 63.1 Å². The minimum atomic E-state index is -0.267. The highest BCUT2D eigenvalue weighted by Gasteiger charge is 2.31. The molecule has 1 N–H and O–H groups in total. The van der Waals surface area contributed by atoms with Crippen molar-refractivity contribution >= 4 is 16.5 Å². The molecule has 20 heavy (non-hydrogen) atoms. The summed E-state index contributed by atoms with van der Waals surface area (Å²) in [5.74, 6) is 0.818. The normalized spacial score (nSPS) is 24.8. The molecule has 4 heteroatoms. The highest BCUT2D eigenvalue weighted by atomic mass is 32.1. The van der Waals surface area contributed by atoms with E-state index in [1.807, 2.05) is 0 Å². The third-order valence-electron chi connectivity index (χ3n) is 4.90. The first kappa shape index (κ1) is 14.3. The van der Waals surface area contributed by atoms with Gasteiger partial charge in [0.1, 0.15) is 0 Å². The number of anilines is 1. The Morgan fingerprint density at radius 2 is 1.90 bits per heavy atom. The van der Waals surface area contributed by atoms with E-state index in [1.54, 1.807) is 11.3 Å². The van der Waals surface area contributed by atoms with Gasteiger partial charge >= 0.3 is 0 Å². The monoisotopic (exact) mass is 294 g/mol. The minimum absolute atomic E-state index is 0.267. The summed E-state index contributed by atoms with van der Waals surface area (Å²) in [4.78, 5) is 8.35. The van der Waals surface area contributed by atoms with Gasteiger partial charge in [0, 0.05) is 13.1 Å². The van der Waals surface area contributed by atoms with E-state index in [4.69, 9.17) is 4.98 Å². The van der Waals surface area contributed by atoms with Crippen LogP contribution in [0.3, 0.4) is 0 Å². The van der Waals surface area contributed by atoms with Crippen LogP contribution in [0.4, 0.5) is 5.13 Å². The smallest absolute Gasteiger partial charge is 0.185 e. The zero-order valence-corrected chi connectivity index (χ0v) is 13.7. The van der Waals surface area contributed by atoms with E-state index in [2.05, 4.69) is 25.7 Å². The summed E-state index contributed by atoms with van der Waals surface area (Å²) in [5, 5.41) is 11.2. The van der Waals surface area contributed by atoms with Gasteiger partial charge in [-0.25, -0.2) is 4.98 Å². The molecule has 1 saturated heterocycles. The Kier molecular flexibility index (Phi) is 3.80. The number of nitrogens with zero attached hydrogens (tertiary/aromatic N) is 2. The lowest BCUT2D eigenvalue weighted by atomic mass is 9.75. The molecule has 0 radical (unpaired) electrons. The first-order valence-electron chi connectivity index (χ1n) is 7.88. The molecular weight excluding hydrogens is 268 g/mol. The first-order valence-corrected chi connectivity index (χ1v) is 8.69. The summed E-state index contributed by atoms with van der Waals surface area (Å²) in [6.45, 7) is 9.29. The Bertz CT molecular complexity index is 469. The Hall–Kier alpha value is -0.610. The topological polar surface area (TPSA) is 36.4 Å². The molecule has 1 atom stereocenters. The number of thiazole rings is 1. The van der Waals surface area contributed by atoms with Gasteiger partial charge in [-0.2, -0.15) is 0 Å². The van der Waals surface area contributed by atoms with Crippen molar-refractivity contribution in [1.82, 2.24) is 4.98 Å². The Morgan fingerprint density at radius 1 is 1.20 bits per heavy atom. The van der Waals surface area contributed by atoms with Gasteiger partial charge in [0.05, 0.1) is 16.7 Å². The van der Waals surface area contributed by atoms with Crippen LogP contribution in [-0.4, -0.2) is 23.2 Å². The molecule has 0 amide bonds. The molecule has 1 unspecified atom stereocenters. The van der Waals surface area contributed by atoms with Crippen LogP contribution in [0.2, 0.25) is 0 Å². The van der Waals surface area contributed by atoms with E-state index in [9.17, 15) is 5.11 Å². The number of hydrogen-bond donors (Lipinski definition) is 1. The third-order valence-corrected chi connectivity index (χ3v) is 6.16. The maximum atomic E-state index is 10.1. The third kappa shape index (κ3) is 2.73. The van der Waals surface area contributed by atoms with Gasteiger partial charge in [-0.15, -0.1) is 0 Å². The van der Waals surface area contributed by atoms with Gasteiger partial charge < -0.3 is 10.0 Å². The van der Waals surface area contributed by atoms with Crippen molar-refractivity contribution in [2.75, 3.05) is 18.0 Å². The summed E-state index contributed by atoms with van der Waals surface area (Å²) < 4.78 is 0. The fraction of sp³-hybridized carbons (Fsp3) is 0.812. The maximum absolute atomic E-state index is 10.1. The first-order chi connectivity index (χ1) is 9.45. The molecule has 1 fully saturated rings. The number of aromatic nitrogens is 1. The molecule has 3 nitrogen and oxygen atoms in total. The van der Waals surface area contributed by atoms with E-state index < -0.39 is 0 Å². The Morgan fingerprint density at radius 3 is 2.50 bits per heavy atom. The molecule has 1 aromatic rings. The molecule has 0 spiro atoms. The number of aryl methyl sites for hydroxylation is 1. The average molecular weight is 294 g/mol. The van der Waals surface area contributed by atoms with Crippen molar-refractivity contribution in [1.29, 1.82) is 0 Å². The second kappa shape index (κ2) is 5.30. The molecule has 1 aromatic heterocycles. The molecule has 112 valence electrons. The molecule has 1 aliphatic heterocycles. The SMILES string of the molecule is CC(C)(C)C1CCN(c2nc3c(s2)C(O)CCC3)CC1. The fourth-order valence-electron chi connectivity index (χ4n) is 3.46. The van der Waals surface area contributed by atoms with Crippen molar-refractivity contribution < 1.29 is 5.11 Å². The van der Waals surface area contributed by atoms with Crippen molar-refractivity contribution in [2.24, 2.45) is 11.3 Å². The van der Waals surface area contributed by atoms with E-state index in [0.717, 1.165) is 54.0 Å². The summed E-state index contributed by atoms with van der Waals surface area (Å²) in [7, 11) is 0. The number of fused-ring (bicyclic) bond motifs is 1. The van der Waals surface area contributed by atoms with Gasteiger partial charge in [-0.1, -0.05) is 32.1 Å². The Balaban J connectivity index is 1.70. The lowest BCUT2D eigenvalue weighted by molar-refractivity contribution is 0.160. The lowest BCUT2D eigenvalue weighted by Crippen LogP contribution is -2.37. The molecular formula is C16H26N2OS. The van der Waals surface area contributed by atoms with Crippen LogP contribution >= 0.6 is 11.3 Å². The van der Waals surface area contributed by atoms with Gasteiger partial charge in [0.15, 0.2) is 5.13 Å². The molecule has 3 rings (SSSR count). The van der Waals surface area contributed by atoms with Crippen LogP contribution in [0.5, 0.6) is 0 Å². The summed E-state index contributed by atoms with van der Waals surface area (Å²) >= 11 is 1.72. The van der Waals surface area contributed by atoms with E-state index >= 15 is 0 Å². The zero-order chi connectivity index (χ0) is 14.3. The van der Waals surface area contributed by atoms with Crippen LogP contribution in [0.15, 0.2) is 0 Å². The largest absolute Gasteiger partial charge is 0.388 e. The van der Waals surface area contributed by atoms with Crippen molar-refractivity contribution in [3.63, 3.8) is 0 Å². The molecule has 2 aliphatic rings. The number of aliphatic hydroxyl groups is 1. The highest BCUT2D eigenvalue weighted by Crippen LogP contribution is 2.40. The van der Waals surface area contributed by atoms with Crippen LogP contribution < -0.4 is 4.90 Å². The highest BCUT2D eigenvalue weighted by molar-refractivity contribution is 7.15. The van der Waals surface area contributed by atoms with Gasteiger partial charge in [0.25, 0.3) is 0 Å². The predicted molar refractivity (Wildman–Crippen MR) is 84.4 cm³/mol. The standard InChI is InChI=1S/C16H26N2OS/c1-16(2,3)11-7-9-18(10-8-11)15-17-12-5-4-6-13(19)14(12)20-15/h11,13,19H,4-10H2,1-3H3. The van der Waals surface area contributed by atoms with Crippen molar-refractivity contribution in [3.05, 3.63) is 10.6 Å². The molecule has 1 aliphatic carbocycles. The molecule has 0 saturated carbocycles. The van der Waals surface area contributed by atoms with Gasteiger partial charge in [-0.3, -0.25) is 0 Å². The van der Waals surface area contributed by atoms with E-state index in [1.165, 1.54) is 12.8 Å². The van der Waals surface area contributed by atoms with Crippen LogP contribution in [0, 0.1) is 11.3 Å². The fourth-order valence-corrected chi connectivity index (χ4v) is 4.64. The second-order valence-electron chi connectivity index (χ2n) is 7.34. The van der Waals surface area contributed by atoms with Crippen LogP contribution in [-0.2, 0) is 6.42 Å². The predicted octanol–water partition coefficient (Wildman–Crippen LogP) is 3.78. The van der Waals surface area contributed by atoms with E-state index in [0.29, 0.717) is 5.41 Å². The minimum Gasteiger partial charge on any atom is -0.388 e. The lowest BCUT2D eigenvalue weighted by Gasteiger charge is -2.38. The molecule has 0 aromatic carbocycles. The summed E-state index contributed by atoms with van der Waals surface area (Å²) in [5.41, 5.74) is 1.58. The summed E-state index contributed by atoms with van der Waals surface area (Å²) in [6.07, 6.45) is 5.27. The second-order valence-corrected chi connectivity index (χ2v) is 8.35. The maximum Gasteiger partial charge on any atom is 0.185 e. The molecule has 0 bridgehead atoms. The average Bonchev–Trinajstić information content (AvgIpc) is 2.83. The van der Waals surface area contributed by atoms with Crippen molar-refractivity contribution in [3.8, 4) is 0 Å². The quantitative estimate of drug-likeness (QED) is 0.856. The molecule has 2 heterocycles. The van der Waals surface area contributed by atoms with Gasteiger partial charge in [0.2, 0.25) is 0 Å². The Labute approximate surface area is 126 Å². The number of piperidine rings is 1. The van der Waals surface area contributed by atoms with E-state index in [-0.39, 0.29) is 6.10 Å². The van der Waals surface area contributed by atoms with Gasteiger partial charge in [-0.05, 0) is 43.4 Å².